The van der Waals surface area contributed by atoms with Crippen LogP contribution < -0.4 is 0 Å². The average molecular weight is 576 g/mol. The Labute approximate surface area is 232 Å². The highest BCUT2D eigenvalue weighted by Gasteiger charge is 2.50. The molecule has 0 bridgehead atoms. The molecule has 214 valence electrons. The van der Waals surface area contributed by atoms with Gasteiger partial charge in [-0.2, -0.15) is 13.2 Å². The molecule has 1 saturated heterocycles. The highest BCUT2D eigenvalue weighted by atomic mass is 32.2. The molecule has 2 unspecified atom stereocenters. The van der Waals surface area contributed by atoms with Gasteiger partial charge in [-0.1, -0.05) is 59.8 Å². The Bertz CT molecular complexity index is 1490. The standard InChI is InChI=1S/C29H32F3N3O4S/c1-28(2,39)27(20-9-5-6-10-21(20)29(30,31)32)40-16-23(37)25(26(38)24(40)15-36)35-14-22(33-34-35)19-12-11-17-7-3-4-8-18(17)13-19/h3-14,23-27,36-40H,15-16H2,1-2H3/t23-,24+,25-,26-,27?/m0/s1. The molecule has 0 amide bonds. The second-order valence-corrected chi connectivity index (χ2v) is 13.4. The Balaban J connectivity index is 1.49. The molecule has 5 rings (SSSR count). The van der Waals surface area contributed by atoms with Crippen LogP contribution in [0.15, 0.2) is 72.9 Å². The number of aliphatic hydroxyl groups excluding tert-OH is 3. The van der Waals surface area contributed by atoms with Crippen molar-refractivity contribution in [3.63, 3.8) is 0 Å². The van der Waals surface area contributed by atoms with Gasteiger partial charge in [0.2, 0.25) is 0 Å². The molecule has 0 spiro atoms. The molecule has 0 radical (unpaired) electrons. The van der Waals surface area contributed by atoms with E-state index in [1.807, 2.05) is 42.5 Å². The number of thiol groups is 1. The number of halogens is 3. The summed E-state index contributed by atoms with van der Waals surface area (Å²) in [5, 5.41) is 52.7. The Morgan fingerprint density at radius 1 is 1.00 bits per heavy atom. The summed E-state index contributed by atoms with van der Waals surface area (Å²) in [7, 11) is -1.74. The number of rotatable bonds is 6. The largest absolute Gasteiger partial charge is 0.416 e. The van der Waals surface area contributed by atoms with Crippen molar-refractivity contribution in [3.8, 4) is 11.3 Å². The lowest BCUT2D eigenvalue weighted by atomic mass is 9.93. The fourth-order valence-electron chi connectivity index (χ4n) is 5.82. The minimum Gasteiger partial charge on any atom is -0.395 e. The summed E-state index contributed by atoms with van der Waals surface area (Å²) in [5.74, 6) is -0.0195. The molecule has 0 aliphatic carbocycles. The van der Waals surface area contributed by atoms with E-state index in [1.54, 1.807) is 6.20 Å². The monoisotopic (exact) mass is 575 g/mol. The summed E-state index contributed by atoms with van der Waals surface area (Å²) in [6, 6.07) is 17.7. The molecule has 7 nitrogen and oxygen atoms in total. The topological polar surface area (TPSA) is 112 Å². The number of nitrogens with zero attached hydrogens (tertiary/aromatic N) is 3. The molecule has 1 fully saturated rings. The minimum atomic E-state index is -4.67. The lowest BCUT2D eigenvalue weighted by Gasteiger charge is -2.51. The third-order valence-corrected chi connectivity index (χ3v) is 11.3. The lowest BCUT2D eigenvalue weighted by molar-refractivity contribution is -0.138. The normalized spacial score (nSPS) is 25.7. The first-order chi connectivity index (χ1) is 18.9. The zero-order valence-electron chi connectivity index (χ0n) is 21.9. The second-order valence-electron chi connectivity index (χ2n) is 10.8. The lowest BCUT2D eigenvalue weighted by Crippen LogP contribution is -2.52. The summed E-state index contributed by atoms with van der Waals surface area (Å²) in [5.41, 5.74) is -1.33. The molecule has 4 aromatic rings. The van der Waals surface area contributed by atoms with Crippen LogP contribution in [0.3, 0.4) is 0 Å². The Hall–Kier alpha value is -2.96. The molecule has 1 aliphatic rings. The van der Waals surface area contributed by atoms with Crippen LogP contribution >= 0.6 is 10.9 Å². The van der Waals surface area contributed by atoms with E-state index in [9.17, 15) is 33.6 Å². The zero-order valence-corrected chi connectivity index (χ0v) is 22.8. The summed E-state index contributed by atoms with van der Waals surface area (Å²) in [6.07, 6.45) is -5.62. The van der Waals surface area contributed by atoms with E-state index in [2.05, 4.69) is 10.3 Å². The molecular weight excluding hydrogens is 543 g/mol. The molecule has 3 aromatic carbocycles. The highest BCUT2D eigenvalue weighted by molar-refractivity contribution is 8.18. The molecule has 1 aliphatic heterocycles. The zero-order chi connectivity index (χ0) is 28.8. The van der Waals surface area contributed by atoms with Gasteiger partial charge in [0.15, 0.2) is 0 Å². The molecule has 0 saturated carbocycles. The fourth-order valence-corrected chi connectivity index (χ4v) is 9.50. The second kappa shape index (κ2) is 10.8. The first-order valence-electron chi connectivity index (χ1n) is 12.9. The van der Waals surface area contributed by atoms with Crippen LogP contribution in [0.2, 0.25) is 0 Å². The van der Waals surface area contributed by atoms with E-state index in [-0.39, 0.29) is 11.3 Å². The smallest absolute Gasteiger partial charge is 0.395 e. The van der Waals surface area contributed by atoms with Gasteiger partial charge in [0.05, 0.1) is 36.2 Å². The Morgan fingerprint density at radius 2 is 1.68 bits per heavy atom. The number of hydrogen-bond donors (Lipinski definition) is 5. The van der Waals surface area contributed by atoms with Crippen molar-refractivity contribution >= 4 is 21.7 Å². The van der Waals surface area contributed by atoms with Crippen molar-refractivity contribution in [2.45, 2.75) is 54.4 Å². The van der Waals surface area contributed by atoms with E-state index in [0.717, 1.165) is 22.4 Å². The minimum absolute atomic E-state index is 0.0195. The van der Waals surface area contributed by atoms with Gasteiger partial charge in [0, 0.05) is 21.8 Å². The van der Waals surface area contributed by atoms with Gasteiger partial charge in [-0.25, -0.2) is 15.6 Å². The van der Waals surface area contributed by atoms with Gasteiger partial charge in [-0.05, 0) is 42.3 Å². The van der Waals surface area contributed by atoms with Gasteiger partial charge in [-0.15, -0.1) is 5.10 Å². The van der Waals surface area contributed by atoms with E-state index < -0.39 is 63.6 Å². The maximum Gasteiger partial charge on any atom is 0.416 e. The van der Waals surface area contributed by atoms with E-state index >= 15 is 0 Å². The third-order valence-electron chi connectivity index (χ3n) is 7.57. The molecule has 2 heterocycles. The van der Waals surface area contributed by atoms with Crippen molar-refractivity contribution in [2.75, 3.05) is 12.4 Å². The van der Waals surface area contributed by atoms with Crippen LogP contribution in [0, 0.1) is 0 Å². The predicted molar refractivity (Wildman–Crippen MR) is 149 cm³/mol. The molecule has 1 aromatic heterocycles. The van der Waals surface area contributed by atoms with Crippen LogP contribution in [0.5, 0.6) is 0 Å². The van der Waals surface area contributed by atoms with E-state index in [4.69, 9.17) is 0 Å². The van der Waals surface area contributed by atoms with Crippen LogP contribution in [0.1, 0.15) is 36.3 Å². The molecule has 4 N–H and O–H groups in total. The van der Waals surface area contributed by atoms with Crippen LogP contribution in [0.4, 0.5) is 13.2 Å². The third kappa shape index (κ3) is 5.36. The Morgan fingerprint density at radius 3 is 2.35 bits per heavy atom. The quantitative estimate of drug-likeness (QED) is 0.220. The van der Waals surface area contributed by atoms with Crippen molar-refractivity contribution in [2.24, 2.45) is 0 Å². The van der Waals surface area contributed by atoms with Crippen molar-refractivity contribution in [1.82, 2.24) is 15.0 Å². The predicted octanol–water partition coefficient (Wildman–Crippen LogP) is 4.27. The SMILES string of the molecule is CC(C)(O)C(c1ccccc1C(F)(F)F)[SH]1C[C@H](O)[C@H](n2cc(-c3ccc4ccccc4c3)nn2)[C@@H](O)[C@H]1CO. The number of hydrogen-bond acceptors (Lipinski definition) is 6. The maximum atomic E-state index is 14.0. The van der Waals surface area contributed by atoms with Gasteiger partial charge < -0.3 is 20.4 Å². The van der Waals surface area contributed by atoms with E-state index in [0.29, 0.717) is 5.69 Å². The number of benzene rings is 3. The molecule has 11 heteroatoms. The van der Waals surface area contributed by atoms with Crippen molar-refractivity contribution in [1.29, 1.82) is 0 Å². The average Bonchev–Trinajstić information content (AvgIpc) is 3.37. The molecular formula is C29H32F3N3O4S. The summed E-state index contributed by atoms with van der Waals surface area (Å²) < 4.78 is 43.3. The van der Waals surface area contributed by atoms with Gasteiger partial charge in [0.25, 0.3) is 0 Å². The maximum absolute atomic E-state index is 14.0. The number of alkyl halides is 3. The Kier molecular flexibility index (Phi) is 7.71. The first-order valence-corrected chi connectivity index (χ1v) is 14.6. The van der Waals surface area contributed by atoms with Gasteiger partial charge in [0.1, 0.15) is 11.7 Å². The van der Waals surface area contributed by atoms with Gasteiger partial charge in [-0.3, -0.25) is 0 Å². The van der Waals surface area contributed by atoms with Crippen LogP contribution in [0.25, 0.3) is 22.0 Å². The van der Waals surface area contributed by atoms with Crippen LogP contribution in [-0.2, 0) is 6.18 Å². The fraction of sp³-hybridized carbons (Fsp3) is 0.379. The number of aromatic nitrogens is 3. The van der Waals surface area contributed by atoms with Crippen LogP contribution in [-0.4, -0.2) is 70.8 Å². The number of fused-ring (bicyclic) bond motifs is 1. The highest BCUT2D eigenvalue weighted by Crippen LogP contribution is 2.58. The van der Waals surface area contributed by atoms with Crippen molar-refractivity contribution < 1.29 is 33.6 Å². The van der Waals surface area contributed by atoms with E-state index in [1.165, 1.54) is 36.7 Å². The summed E-state index contributed by atoms with van der Waals surface area (Å²) in [6.45, 7) is 2.29. The first kappa shape index (κ1) is 28.6. The van der Waals surface area contributed by atoms with Gasteiger partial charge >= 0.3 is 6.18 Å². The summed E-state index contributed by atoms with van der Waals surface area (Å²) >= 11 is 0. The molecule has 40 heavy (non-hydrogen) atoms. The number of aliphatic hydroxyl groups is 4. The molecule has 6 atom stereocenters. The summed E-state index contributed by atoms with van der Waals surface area (Å²) in [4.78, 5) is 0. The van der Waals surface area contributed by atoms with Crippen molar-refractivity contribution in [3.05, 3.63) is 84.1 Å².